The molecule has 1 rings (SSSR count). The van der Waals surface area contributed by atoms with Crippen LogP contribution in [0.15, 0.2) is 30.3 Å². The molecule has 0 aliphatic carbocycles. The van der Waals surface area contributed by atoms with Crippen LogP contribution in [-0.2, 0) is 20.7 Å². The van der Waals surface area contributed by atoms with Crippen LogP contribution in [0.1, 0.15) is 33.3 Å². The van der Waals surface area contributed by atoms with Crippen LogP contribution in [-0.4, -0.2) is 36.5 Å². The van der Waals surface area contributed by atoms with Crippen LogP contribution >= 0.6 is 0 Å². The van der Waals surface area contributed by atoms with Crippen LogP contribution in [0.3, 0.4) is 0 Å². The average Bonchev–Trinajstić information content (AvgIpc) is 2.44. The molecule has 1 amide bonds. The van der Waals surface area contributed by atoms with Gasteiger partial charge in [0.2, 0.25) is 0 Å². The van der Waals surface area contributed by atoms with Gasteiger partial charge in [-0.05, 0) is 17.4 Å². The maximum atomic E-state index is 12.2. The Hall–Kier alpha value is -1.84. The van der Waals surface area contributed by atoms with Crippen molar-refractivity contribution in [3.05, 3.63) is 35.9 Å². The van der Waals surface area contributed by atoms with Crippen molar-refractivity contribution in [1.29, 1.82) is 0 Å². The number of amides is 1. The molecule has 0 heterocycles. The van der Waals surface area contributed by atoms with Gasteiger partial charge in [-0.2, -0.15) is 0 Å². The Kier molecular flexibility index (Phi) is 7.64. The predicted molar refractivity (Wildman–Crippen MR) is 87.4 cm³/mol. The lowest BCUT2D eigenvalue weighted by molar-refractivity contribution is -0.151. The number of hydrogen-bond donors (Lipinski definition) is 0. The number of carbonyl (C=O) groups excluding carboxylic acids is 2. The van der Waals surface area contributed by atoms with Crippen molar-refractivity contribution in [3.63, 3.8) is 0 Å². The van der Waals surface area contributed by atoms with Crippen molar-refractivity contribution in [1.82, 2.24) is 4.90 Å². The zero-order chi connectivity index (χ0) is 16.5. The molecule has 0 aromatic heterocycles. The summed E-state index contributed by atoms with van der Waals surface area (Å²) < 4.78 is 5.12. The van der Waals surface area contributed by atoms with E-state index >= 15 is 0 Å². The van der Waals surface area contributed by atoms with Gasteiger partial charge < -0.3 is 9.64 Å². The number of rotatable bonds is 8. The summed E-state index contributed by atoms with van der Waals surface area (Å²) in [6.07, 6.45) is 0.197. The number of carbonyl (C=O) groups is 2. The van der Waals surface area contributed by atoms with Crippen LogP contribution < -0.4 is 0 Å². The van der Waals surface area contributed by atoms with Crippen LogP contribution in [0.5, 0.6) is 0 Å². The summed E-state index contributed by atoms with van der Waals surface area (Å²) in [6, 6.07) is 9.38. The molecule has 0 saturated carbocycles. The normalized spacial score (nSPS) is 10.8. The Labute approximate surface area is 133 Å². The standard InChI is InChI=1S/C18H27NO3/c1-14(2)11-19(12-15(3)4)17(20)13-22-18(21)10-16-8-6-5-7-9-16/h5-9,14-15H,10-13H2,1-4H3. The smallest absolute Gasteiger partial charge is 0.310 e. The molecule has 0 aliphatic heterocycles. The topological polar surface area (TPSA) is 46.6 Å². The Morgan fingerprint density at radius 1 is 1.00 bits per heavy atom. The quantitative estimate of drug-likeness (QED) is 0.694. The molecule has 0 aliphatic rings. The van der Waals surface area contributed by atoms with Crippen LogP contribution in [0, 0.1) is 11.8 Å². The van der Waals surface area contributed by atoms with E-state index in [1.807, 2.05) is 30.3 Å². The largest absolute Gasteiger partial charge is 0.455 e. The number of nitrogens with zero attached hydrogens (tertiary/aromatic N) is 1. The summed E-state index contributed by atoms with van der Waals surface area (Å²) in [5.74, 6) is 0.294. The summed E-state index contributed by atoms with van der Waals surface area (Å²) in [7, 11) is 0. The fourth-order valence-electron chi connectivity index (χ4n) is 2.21. The second-order valence-electron chi connectivity index (χ2n) is 6.41. The van der Waals surface area contributed by atoms with Crippen molar-refractivity contribution in [2.24, 2.45) is 11.8 Å². The molecule has 0 fully saturated rings. The first-order valence-electron chi connectivity index (χ1n) is 7.85. The van der Waals surface area contributed by atoms with Gasteiger partial charge in [0.15, 0.2) is 6.61 Å². The average molecular weight is 305 g/mol. The fourth-order valence-corrected chi connectivity index (χ4v) is 2.21. The molecule has 0 atom stereocenters. The van der Waals surface area contributed by atoms with E-state index in [1.165, 1.54) is 0 Å². The maximum Gasteiger partial charge on any atom is 0.310 e. The zero-order valence-electron chi connectivity index (χ0n) is 14.0. The summed E-state index contributed by atoms with van der Waals surface area (Å²) in [6.45, 7) is 9.49. The summed E-state index contributed by atoms with van der Waals surface area (Å²) in [4.78, 5) is 25.8. The fraction of sp³-hybridized carbons (Fsp3) is 0.556. The highest BCUT2D eigenvalue weighted by molar-refractivity contribution is 5.81. The van der Waals surface area contributed by atoms with Crippen molar-refractivity contribution in [2.75, 3.05) is 19.7 Å². The van der Waals surface area contributed by atoms with E-state index in [0.29, 0.717) is 24.9 Å². The van der Waals surface area contributed by atoms with Gasteiger partial charge in [0.25, 0.3) is 5.91 Å². The molecule has 0 bridgehead atoms. The molecule has 4 nitrogen and oxygen atoms in total. The lowest BCUT2D eigenvalue weighted by Gasteiger charge is -2.26. The van der Waals surface area contributed by atoms with E-state index in [-0.39, 0.29) is 24.9 Å². The monoisotopic (exact) mass is 305 g/mol. The van der Waals surface area contributed by atoms with Gasteiger partial charge in [0.05, 0.1) is 6.42 Å². The molecule has 4 heteroatoms. The lowest BCUT2D eigenvalue weighted by Crippen LogP contribution is -2.39. The molecule has 0 N–H and O–H groups in total. The van der Waals surface area contributed by atoms with Gasteiger partial charge in [0.1, 0.15) is 0 Å². The highest BCUT2D eigenvalue weighted by atomic mass is 16.5. The van der Waals surface area contributed by atoms with E-state index in [9.17, 15) is 9.59 Å². The molecule has 22 heavy (non-hydrogen) atoms. The van der Waals surface area contributed by atoms with E-state index in [4.69, 9.17) is 4.74 Å². The van der Waals surface area contributed by atoms with Crippen LogP contribution in [0.2, 0.25) is 0 Å². The summed E-state index contributed by atoms with van der Waals surface area (Å²) in [5.41, 5.74) is 0.890. The van der Waals surface area contributed by atoms with Gasteiger partial charge in [-0.25, -0.2) is 0 Å². The zero-order valence-corrected chi connectivity index (χ0v) is 14.0. The first-order chi connectivity index (χ1) is 10.4. The first-order valence-corrected chi connectivity index (χ1v) is 7.85. The van der Waals surface area contributed by atoms with Gasteiger partial charge in [-0.1, -0.05) is 58.0 Å². The Balaban J connectivity index is 2.46. The Morgan fingerprint density at radius 2 is 1.55 bits per heavy atom. The van der Waals surface area contributed by atoms with Gasteiger partial charge >= 0.3 is 5.97 Å². The van der Waals surface area contributed by atoms with Crippen molar-refractivity contribution < 1.29 is 14.3 Å². The van der Waals surface area contributed by atoms with E-state index in [1.54, 1.807) is 4.90 Å². The third-order valence-electron chi connectivity index (χ3n) is 3.07. The highest BCUT2D eigenvalue weighted by Gasteiger charge is 2.18. The first kappa shape index (κ1) is 18.2. The molecule has 0 spiro atoms. The molecular weight excluding hydrogens is 278 g/mol. The van der Waals surface area contributed by atoms with Crippen molar-refractivity contribution >= 4 is 11.9 Å². The number of benzene rings is 1. The Morgan fingerprint density at radius 3 is 2.05 bits per heavy atom. The molecular formula is C18H27NO3. The molecule has 0 radical (unpaired) electrons. The summed E-state index contributed by atoms with van der Waals surface area (Å²) >= 11 is 0. The van der Waals surface area contributed by atoms with Crippen molar-refractivity contribution in [3.8, 4) is 0 Å². The highest BCUT2D eigenvalue weighted by Crippen LogP contribution is 2.06. The lowest BCUT2D eigenvalue weighted by atomic mass is 10.1. The van der Waals surface area contributed by atoms with Crippen LogP contribution in [0.4, 0.5) is 0 Å². The van der Waals surface area contributed by atoms with Gasteiger partial charge in [-0.15, -0.1) is 0 Å². The van der Waals surface area contributed by atoms with Gasteiger partial charge in [0, 0.05) is 13.1 Å². The summed E-state index contributed by atoms with van der Waals surface area (Å²) in [5, 5.41) is 0. The minimum Gasteiger partial charge on any atom is -0.455 e. The second kappa shape index (κ2) is 9.23. The van der Waals surface area contributed by atoms with Crippen molar-refractivity contribution in [2.45, 2.75) is 34.1 Å². The van der Waals surface area contributed by atoms with Crippen LogP contribution in [0.25, 0.3) is 0 Å². The molecule has 0 unspecified atom stereocenters. The molecule has 1 aromatic rings. The minimum absolute atomic E-state index is 0.121. The molecule has 1 aromatic carbocycles. The molecule has 0 saturated heterocycles. The van der Waals surface area contributed by atoms with E-state index in [2.05, 4.69) is 27.7 Å². The second-order valence-corrected chi connectivity index (χ2v) is 6.41. The number of ether oxygens (including phenoxy) is 1. The van der Waals surface area contributed by atoms with Gasteiger partial charge in [-0.3, -0.25) is 9.59 Å². The maximum absolute atomic E-state index is 12.2. The molecule has 122 valence electrons. The number of hydrogen-bond acceptors (Lipinski definition) is 3. The number of esters is 1. The third kappa shape index (κ3) is 7.25. The predicted octanol–water partition coefficient (Wildman–Crippen LogP) is 2.91. The Bertz CT molecular complexity index is 458. The minimum atomic E-state index is -0.367. The third-order valence-corrected chi connectivity index (χ3v) is 3.07. The van der Waals surface area contributed by atoms with E-state index < -0.39 is 0 Å². The SMILES string of the molecule is CC(C)CN(CC(C)C)C(=O)COC(=O)Cc1ccccc1. The van der Waals surface area contributed by atoms with E-state index in [0.717, 1.165) is 5.56 Å².